The zero-order valence-electron chi connectivity index (χ0n) is 6.91. The molecule has 0 saturated carbocycles. The minimum atomic E-state index is -0.0421. The van der Waals surface area contributed by atoms with Gasteiger partial charge >= 0.3 is 4.87 Å². The maximum absolute atomic E-state index is 10.8. The molecule has 66 valence electrons. The van der Waals surface area contributed by atoms with Crippen molar-refractivity contribution < 1.29 is 0 Å². The molecule has 1 aliphatic rings. The molecule has 0 aliphatic carbocycles. The lowest BCUT2D eigenvalue weighted by atomic mass is 10.1. The third kappa shape index (κ3) is 1.42. The summed E-state index contributed by atoms with van der Waals surface area (Å²) in [6, 6.07) is 0. The molecular formula is C7H11N3OS. The van der Waals surface area contributed by atoms with Gasteiger partial charge in [0.25, 0.3) is 0 Å². The Bertz CT molecular complexity index is 318. The van der Waals surface area contributed by atoms with E-state index in [1.54, 1.807) is 0 Å². The Balaban J connectivity index is 2.16. The fraction of sp³-hybridized carbons (Fsp3) is 0.714. The van der Waals surface area contributed by atoms with Gasteiger partial charge in [0, 0.05) is 24.0 Å². The van der Waals surface area contributed by atoms with Gasteiger partial charge in [0.15, 0.2) is 0 Å². The molecule has 2 heterocycles. The lowest BCUT2D eigenvalue weighted by molar-refractivity contribution is 0.410. The summed E-state index contributed by atoms with van der Waals surface area (Å²) < 4.78 is 4.08. The molecule has 0 bridgehead atoms. The van der Waals surface area contributed by atoms with Crippen LogP contribution in [0.15, 0.2) is 4.79 Å². The van der Waals surface area contributed by atoms with E-state index in [1.807, 2.05) is 0 Å². The van der Waals surface area contributed by atoms with E-state index in [0.29, 0.717) is 5.92 Å². The Morgan fingerprint density at radius 3 is 3.08 bits per heavy atom. The normalized spacial score (nSPS) is 24.9. The molecule has 0 unspecified atom stereocenters. The van der Waals surface area contributed by atoms with Gasteiger partial charge in [0.1, 0.15) is 5.82 Å². The fourth-order valence-electron chi connectivity index (χ4n) is 1.58. The van der Waals surface area contributed by atoms with Crippen LogP contribution in [0.2, 0.25) is 0 Å². The monoisotopic (exact) mass is 185 g/mol. The Labute approximate surface area is 74.4 Å². The molecule has 0 aromatic carbocycles. The van der Waals surface area contributed by atoms with Crippen LogP contribution in [0, 0.1) is 0 Å². The van der Waals surface area contributed by atoms with Gasteiger partial charge in [-0.3, -0.25) is 9.78 Å². The first kappa shape index (κ1) is 7.94. The second kappa shape index (κ2) is 2.99. The summed E-state index contributed by atoms with van der Waals surface area (Å²) in [6.07, 6.45) is 1.11. The summed E-state index contributed by atoms with van der Waals surface area (Å²) in [7, 11) is 2.09. The topological polar surface area (TPSA) is 49.0 Å². The summed E-state index contributed by atoms with van der Waals surface area (Å²) in [5.74, 6) is 1.31. The molecule has 0 spiro atoms. The lowest BCUT2D eigenvalue weighted by Crippen LogP contribution is -2.14. The molecule has 2 rings (SSSR count). The van der Waals surface area contributed by atoms with Crippen molar-refractivity contribution >= 4 is 11.5 Å². The third-order valence-corrected chi connectivity index (χ3v) is 2.79. The molecule has 1 fully saturated rings. The summed E-state index contributed by atoms with van der Waals surface area (Å²) in [5, 5.41) is 0. The van der Waals surface area contributed by atoms with Crippen LogP contribution in [0.25, 0.3) is 0 Å². The first-order valence-corrected chi connectivity index (χ1v) is 4.77. The van der Waals surface area contributed by atoms with Crippen LogP contribution in [-0.4, -0.2) is 34.4 Å². The van der Waals surface area contributed by atoms with Gasteiger partial charge in [-0.15, -0.1) is 0 Å². The highest BCUT2D eigenvalue weighted by Gasteiger charge is 2.23. The predicted molar refractivity (Wildman–Crippen MR) is 47.6 cm³/mol. The number of rotatable bonds is 1. The first-order chi connectivity index (χ1) is 5.75. The van der Waals surface area contributed by atoms with Crippen LogP contribution < -0.4 is 4.87 Å². The molecule has 1 aliphatic heterocycles. The average Bonchev–Trinajstić information content (AvgIpc) is 2.58. The van der Waals surface area contributed by atoms with Crippen molar-refractivity contribution in [2.24, 2.45) is 0 Å². The second-order valence-corrected chi connectivity index (χ2v) is 3.96. The maximum atomic E-state index is 10.8. The van der Waals surface area contributed by atoms with Crippen LogP contribution in [0.5, 0.6) is 0 Å². The van der Waals surface area contributed by atoms with E-state index in [1.165, 1.54) is 0 Å². The van der Waals surface area contributed by atoms with E-state index in [9.17, 15) is 4.79 Å². The molecule has 0 amide bonds. The Morgan fingerprint density at radius 2 is 2.58 bits per heavy atom. The van der Waals surface area contributed by atoms with E-state index in [-0.39, 0.29) is 4.87 Å². The van der Waals surface area contributed by atoms with Gasteiger partial charge in [0.2, 0.25) is 0 Å². The van der Waals surface area contributed by atoms with Crippen molar-refractivity contribution in [3.05, 3.63) is 15.5 Å². The van der Waals surface area contributed by atoms with E-state index in [4.69, 9.17) is 0 Å². The van der Waals surface area contributed by atoms with Gasteiger partial charge in [-0.25, -0.2) is 0 Å². The number of H-pyrrole nitrogens is 1. The Hall–Kier alpha value is -0.680. The zero-order valence-corrected chi connectivity index (χ0v) is 7.73. The van der Waals surface area contributed by atoms with Crippen LogP contribution in [-0.2, 0) is 0 Å². The van der Waals surface area contributed by atoms with Crippen LogP contribution in [0.1, 0.15) is 18.2 Å². The van der Waals surface area contributed by atoms with Crippen molar-refractivity contribution in [2.75, 3.05) is 20.1 Å². The predicted octanol–water partition coefficient (Wildman–Crippen LogP) is 0.251. The van der Waals surface area contributed by atoms with Crippen molar-refractivity contribution in [1.82, 2.24) is 14.3 Å². The van der Waals surface area contributed by atoms with E-state index in [2.05, 4.69) is 21.3 Å². The Morgan fingerprint density at radius 1 is 1.75 bits per heavy atom. The number of likely N-dealkylation sites (tertiary alicyclic amines) is 1. The van der Waals surface area contributed by atoms with Gasteiger partial charge < -0.3 is 4.90 Å². The number of aromatic amines is 1. The van der Waals surface area contributed by atoms with Crippen LogP contribution in [0.3, 0.4) is 0 Å². The largest absolute Gasteiger partial charge is 0.323 e. The second-order valence-electron chi connectivity index (χ2n) is 3.23. The van der Waals surface area contributed by atoms with Crippen molar-refractivity contribution in [1.29, 1.82) is 0 Å². The highest BCUT2D eigenvalue weighted by atomic mass is 32.1. The molecule has 4 nitrogen and oxygen atoms in total. The van der Waals surface area contributed by atoms with Crippen LogP contribution >= 0.6 is 11.5 Å². The molecule has 0 radical (unpaired) electrons. The summed E-state index contributed by atoms with van der Waals surface area (Å²) in [6.45, 7) is 2.11. The number of nitrogens with zero attached hydrogens (tertiary/aromatic N) is 2. The van der Waals surface area contributed by atoms with E-state index >= 15 is 0 Å². The number of aromatic nitrogens is 2. The summed E-state index contributed by atoms with van der Waals surface area (Å²) >= 11 is 1.01. The highest BCUT2D eigenvalue weighted by molar-refractivity contribution is 7.02. The number of hydrogen-bond acceptors (Lipinski definition) is 4. The molecule has 1 saturated heterocycles. The molecule has 1 aromatic heterocycles. The Kier molecular flexibility index (Phi) is 1.98. The smallest absolute Gasteiger partial charge is 0.306 e. The number of hydrogen-bond donors (Lipinski definition) is 1. The molecule has 5 heteroatoms. The van der Waals surface area contributed by atoms with Crippen molar-refractivity contribution in [2.45, 2.75) is 12.3 Å². The number of nitrogens with one attached hydrogen (secondary N) is 1. The summed E-state index contributed by atoms with van der Waals surface area (Å²) in [4.78, 5) is 15.8. The van der Waals surface area contributed by atoms with Gasteiger partial charge in [0.05, 0.1) is 0 Å². The minimum Gasteiger partial charge on any atom is -0.306 e. The zero-order chi connectivity index (χ0) is 8.55. The van der Waals surface area contributed by atoms with Crippen molar-refractivity contribution in [3.63, 3.8) is 0 Å². The highest BCUT2D eigenvalue weighted by Crippen LogP contribution is 2.22. The van der Waals surface area contributed by atoms with Crippen LogP contribution in [0.4, 0.5) is 0 Å². The lowest BCUT2D eigenvalue weighted by Gasteiger charge is -2.05. The quantitative estimate of drug-likeness (QED) is 0.682. The molecule has 12 heavy (non-hydrogen) atoms. The SMILES string of the molecule is CN1CC[C@@H](c2nsc(=O)[nH]2)C1. The van der Waals surface area contributed by atoms with Gasteiger partial charge in [-0.2, -0.15) is 4.37 Å². The molecule has 1 atom stereocenters. The molecule has 1 N–H and O–H groups in total. The number of likely N-dealkylation sites (N-methyl/N-ethyl adjacent to an activating group) is 1. The van der Waals surface area contributed by atoms with E-state index < -0.39 is 0 Å². The minimum absolute atomic E-state index is 0.0421. The van der Waals surface area contributed by atoms with Gasteiger partial charge in [-0.1, -0.05) is 0 Å². The van der Waals surface area contributed by atoms with Crippen molar-refractivity contribution in [3.8, 4) is 0 Å². The maximum Gasteiger partial charge on any atom is 0.323 e. The van der Waals surface area contributed by atoms with Gasteiger partial charge in [-0.05, 0) is 20.0 Å². The first-order valence-electron chi connectivity index (χ1n) is 4.00. The third-order valence-electron chi connectivity index (χ3n) is 2.24. The fourth-order valence-corrected chi connectivity index (χ4v) is 2.10. The molecule has 1 aromatic rings. The van der Waals surface area contributed by atoms with E-state index in [0.717, 1.165) is 36.9 Å². The summed E-state index contributed by atoms with van der Waals surface area (Å²) in [5.41, 5.74) is 0. The standard InChI is InChI=1S/C7H11N3OS/c1-10-3-2-5(4-10)6-8-7(11)12-9-6/h5H,2-4H2,1H3,(H,8,9,11)/t5-/m1/s1. The average molecular weight is 185 g/mol. The molecular weight excluding hydrogens is 174 g/mol.